The number of aryl methyl sites for hydroxylation is 2. The lowest BCUT2D eigenvalue weighted by atomic mass is 10.1. The van der Waals surface area contributed by atoms with E-state index >= 15 is 0 Å². The molecule has 2 aromatic rings. The van der Waals surface area contributed by atoms with Gasteiger partial charge in [0, 0.05) is 19.6 Å². The molecule has 0 saturated carbocycles. The number of piperazine rings is 1. The molecule has 0 N–H and O–H groups in total. The summed E-state index contributed by atoms with van der Waals surface area (Å²) in [6.45, 7) is 5.06. The quantitative estimate of drug-likeness (QED) is 0.838. The Morgan fingerprint density at radius 2 is 2.20 bits per heavy atom. The largest absolute Gasteiger partial charge is 0.481 e. The summed E-state index contributed by atoms with van der Waals surface area (Å²) in [5, 5.41) is 3.81. The van der Waals surface area contributed by atoms with Gasteiger partial charge in [-0.15, -0.1) is 0 Å². The first-order valence-electron chi connectivity index (χ1n) is 8.11. The molecule has 0 spiro atoms. The molecule has 0 radical (unpaired) electrons. The predicted octanol–water partition coefficient (Wildman–Crippen LogP) is 1.72. The van der Waals surface area contributed by atoms with Gasteiger partial charge in [-0.05, 0) is 38.6 Å². The van der Waals surface area contributed by atoms with E-state index in [1.54, 1.807) is 24.0 Å². The smallest absolute Gasteiger partial charge is 0.260 e. The molecule has 1 aromatic heterocycles. The Bertz CT molecular complexity index is 764. The van der Waals surface area contributed by atoms with Crippen LogP contribution in [-0.2, 0) is 4.79 Å². The number of nitrogens with zero attached hydrogens (tertiary/aromatic N) is 4. The van der Waals surface area contributed by atoms with Gasteiger partial charge in [-0.2, -0.15) is 4.98 Å². The Hall–Kier alpha value is -2.48. The number of amides is 1. The number of carbonyl (C=O) groups is 1. The average Bonchev–Trinajstić information content (AvgIpc) is 3.02. The van der Waals surface area contributed by atoms with Crippen molar-refractivity contribution in [1.29, 1.82) is 0 Å². The number of halogens is 1. The summed E-state index contributed by atoms with van der Waals surface area (Å²) in [6.07, 6.45) is 0. The molecule has 1 aromatic carbocycles. The maximum atomic E-state index is 13.7. The third kappa shape index (κ3) is 3.96. The zero-order valence-electron chi connectivity index (χ0n) is 14.5. The predicted molar refractivity (Wildman–Crippen MR) is 87.6 cm³/mol. The molecule has 0 bridgehead atoms. The number of ether oxygens (including phenoxy) is 1. The Balaban J connectivity index is 1.63. The molecule has 2 heterocycles. The lowest BCUT2D eigenvalue weighted by Gasteiger charge is -2.37. The molecule has 8 heteroatoms. The van der Waals surface area contributed by atoms with E-state index < -0.39 is 5.82 Å². The minimum absolute atomic E-state index is 0.0894. The molecular formula is C17H21FN4O3. The molecule has 25 heavy (non-hydrogen) atoms. The van der Waals surface area contributed by atoms with E-state index in [4.69, 9.17) is 9.26 Å². The van der Waals surface area contributed by atoms with Gasteiger partial charge in [0.2, 0.25) is 5.89 Å². The summed E-state index contributed by atoms with van der Waals surface area (Å²) in [5.74, 6) is 0.464. The number of carbonyl (C=O) groups excluding carboxylic acids is 1. The van der Waals surface area contributed by atoms with Crippen LogP contribution in [0.25, 0.3) is 0 Å². The minimum atomic E-state index is -0.476. The zero-order chi connectivity index (χ0) is 18.0. The first-order chi connectivity index (χ1) is 11.9. The van der Waals surface area contributed by atoms with Crippen LogP contribution in [0.3, 0.4) is 0 Å². The summed E-state index contributed by atoms with van der Waals surface area (Å²) in [5.41, 5.74) is 0.871. The van der Waals surface area contributed by atoms with Crippen molar-refractivity contribution < 1.29 is 18.4 Å². The normalized spacial score (nSPS) is 18.4. The third-order valence-corrected chi connectivity index (χ3v) is 4.27. The second-order valence-electron chi connectivity index (χ2n) is 6.24. The minimum Gasteiger partial charge on any atom is -0.481 e. The maximum Gasteiger partial charge on any atom is 0.260 e. The van der Waals surface area contributed by atoms with Crippen LogP contribution in [0, 0.1) is 19.7 Å². The second-order valence-corrected chi connectivity index (χ2v) is 6.24. The van der Waals surface area contributed by atoms with Crippen LogP contribution in [-0.4, -0.2) is 59.1 Å². The van der Waals surface area contributed by atoms with E-state index in [1.165, 1.54) is 6.07 Å². The van der Waals surface area contributed by atoms with Crippen molar-refractivity contribution in [2.24, 2.45) is 0 Å². The zero-order valence-corrected chi connectivity index (χ0v) is 14.5. The molecular weight excluding hydrogens is 327 g/mol. The lowest BCUT2D eigenvalue weighted by Crippen LogP contribution is -2.50. The molecule has 1 aliphatic rings. The molecule has 3 rings (SSSR count). The van der Waals surface area contributed by atoms with E-state index in [0.717, 1.165) is 5.56 Å². The van der Waals surface area contributed by atoms with Gasteiger partial charge >= 0.3 is 0 Å². The van der Waals surface area contributed by atoms with Crippen molar-refractivity contribution in [3.05, 3.63) is 41.3 Å². The first kappa shape index (κ1) is 17.3. The Morgan fingerprint density at radius 1 is 1.40 bits per heavy atom. The number of hydrogen-bond donors (Lipinski definition) is 0. The molecule has 1 saturated heterocycles. The summed E-state index contributed by atoms with van der Waals surface area (Å²) < 4.78 is 24.3. The fraction of sp³-hybridized carbons (Fsp3) is 0.471. The molecule has 1 amide bonds. The van der Waals surface area contributed by atoms with Crippen molar-refractivity contribution in [2.75, 3.05) is 33.3 Å². The van der Waals surface area contributed by atoms with Crippen LogP contribution < -0.4 is 4.74 Å². The molecule has 1 fully saturated rings. The highest BCUT2D eigenvalue weighted by atomic mass is 19.1. The summed E-state index contributed by atoms with van der Waals surface area (Å²) >= 11 is 0. The lowest BCUT2D eigenvalue weighted by molar-refractivity contribution is -0.136. The summed E-state index contributed by atoms with van der Waals surface area (Å²) in [4.78, 5) is 20.5. The molecule has 0 aliphatic carbocycles. The van der Waals surface area contributed by atoms with Gasteiger partial charge in [0.15, 0.2) is 24.0 Å². The number of likely N-dealkylation sites (N-methyl/N-ethyl adjacent to an activating group) is 1. The fourth-order valence-corrected chi connectivity index (χ4v) is 2.77. The summed E-state index contributed by atoms with van der Waals surface area (Å²) in [7, 11) is 1.95. The number of hydrogen-bond acceptors (Lipinski definition) is 6. The molecule has 7 nitrogen and oxygen atoms in total. The van der Waals surface area contributed by atoms with Crippen LogP contribution in [0.15, 0.2) is 22.7 Å². The van der Waals surface area contributed by atoms with Crippen LogP contribution in [0.4, 0.5) is 4.39 Å². The Labute approximate surface area is 145 Å². The van der Waals surface area contributed by atoms with Crippen molar-refractivity contribution in [2.45, 2.75) is 19.9 Å². The highest BCUT2D eigenvalue weighted by molar-refractivity contribution is 5.78. The highest BCUT2D eigenvalue weighted by Gasteiger charge is 2.32. The van der Waals surface area contributed by atoms with Gasteiger partial charge < -0.3 is 14.2 Å². The van der Waals surface area contributed by atoms with Crippen molar-refractivity contribution in [3.8, 4) is 5.75 Å². The maximum absolute atomic E-state index is 13.7. The highest BCUT2D eigenvalue weighted by Crippen LogP contribution is 2.23. The number of aromatic nitrogens is 2. The van der Waals surface area contributed by atoms with E-state index in [2.05, 4.69) is 15.0 Å². The van der Waals surface area contributed by atoms with Gasteiger partial charge in [-0.1, -0.05) is 11.2 Å². The van der Waals surface area contributed by atoms with Crippen molar-refractivity contribution in [1.82, 2.24) is 19.9 Å². The van der Waals surface area contributed by atoms with Gasteiger partial charge in [-0.3, -0.25) is 9.69 Å². The van der Waals surface area contributed by atoms with Crippen LogP contribution in [0.2, 0.25) is 0 Å². The Kier molecular flexibility index (Phi) is 4.98. The average molecular weight is 348 g/mol. The molecule has 1 unspecified atom stereocenters. The van der Waals surface area contributed by atoms with Gasteiger partial charge in [-0.25, -0.2) is 4.39 Å². The standard InChI is InChI=1S/C17H21FN4O3/c1-11-4-5-13(18)15(8-11)24-10-16(23)22-7-6-21(3)14(9-22)17-19-12(2)20-25-17/h4-5,8,14H,6-7,9-10H2,1-3H3. The SMILES string of the molecule is Cc1ccc(F)c(OCC(=O)N2CCN(C)C(c3nc(C)no3)C2)c1. The van der Waals surface area contributed by atoms with Gasteiger partial charge in [0.05, 0.1) is 0 Å². The van der Waals surface area contributed by atoms with Crippen LogP contribution >= 0.6 is 0 Å². The second kappa shape index (κ2) is 7.18. The topological polar surface area (TPSA) is 71.7 Å². The van der Waals surface area contributed by atoms with Crippen molar-refractivity contribution in [3.63, 3.8) is 0 Å². The van der Waals surface area contributed by atoms with E-state index in [1.807, 2.05) is 14.0 Å². The van der Waals surface area contributed by atoms with E-state index in [0.29, 0.717) is 31.3 Å². The number of rotatable bonds is 4. The van der Waals surface area contributed by atoms with Crippen molar-refractivity contribution >= 4 is 5.91 Å². The summed E-state index contributed by atoms with van der Waals surface area (Å²) in [6, 6.07) is 4.41. The van der Waals surface area contributed by atoms with Gasteiger partial charge in [0.1, 0.15) is 6.04 Å². The van der Waals surface area contributed by atoms with E-state index in [-0.39, 0.29) is 24.3 Å². The first-order valence-corrected chi connectivity index (χ1v) is 8.11. The fourth-order valence-electron chi connectivity index (χ4n) is 2.77. The van der Waals surface area contributed by atoms with E-state index in [9.17, 15) is 9.18 Å². The molecule has 1 aliphatic heterocycles. The molecule has 1 atom stereocenters. The van der Waals surface area contributed by atoms with Gasteiger partial charge in [0.25, 0.3) is 5.91 Å². The molecule has 134 valence electrons. The number of benzene rings is 1. The Morgan fingerprint density at radius 3 is 2.92 bits per heavy atom. The monoisotopic (exact) mass is 348 g/mol. The van der Waals surface area contributed by atoms with Crippen LogP contribution in [0.1, 0.15) is 23.3 Å². The van der Waals surface area contributed by atoms with Crippen LogP contribution in [0.5, 0.6) is 5.75 Å². The third-order valence-electron chi connectivity index (χ3n) is 4.27.